The Balaban J connectivity index is 3.19. The number of aromatic nitrogens is 1. The lowest BCUT2D eigenvalue weighted by Gasteiger charge is -1.88. The summed E-state index contributed by atoms with van der Waals surface area (Å²) in [6.45, 7) is 3.76. The minimum Gasteiger partial charge on any atom is -0.618 e. The summed E-state index contributed by atoms with van der Waals surface area (Å²) in [5, 5.41) is 10.6. The van der Waals surface area contributed by atoms with Gasteiger partial charge in [-0.2, -0.15) is 4.73 Å². The van der Waals surface area contributed by atoms with E-state index in [1.165, 1.54) is 11.3 Å². The fourth-order valence-corrected chi connectivity index (χ4v) is 1.12. The van der Waals surface area contributed by atoms with E-state index in [0.717, 1.165) is 15.3 Å². The highest BCUT2D eigenvalue weighted by molar-refractivity contribution is 7.09. The maximum atomic E-state index is 10.6. The molecule has 0 unspecified atom stereocenters. The number of hydrogen-bond acceptors (Lipinski definition) is 2. The third kappa shape index (κ3) is 0.690. The first-order valence-electron chi connectivity index (χ1n) is 2.35. The maximum absolute atomic E-state index is 10.6. The van der Waals surface area contributed by atoms with Crippen LogP contribution < -0.4 is 4.73 Å². The van der Waals surface area contributed by atoms with Crippen molar-refractivity contribution in [2.24, 2.45) is 0 Å². The Morgan fingerprint density at radius 1 is 1.62 bits per heavy atom. The summed E-state index contributed by atoms with van der Waals surface area (Å²) < 4.78 is 0.889. The number of rotatable bonds is 0. The van der Waals surface area contributed by atoms with Gasteiger partial charge in [-0.1, -0.05) is 11.3 Å². The highest BCUT2D eigenvalue weighted by Gasteiger charge is 2.02. The maximum Gasteiger partial charge on any atom is 0.236 e. The van der Waals surface area contributed by atoms with Gasteiger partial charge in [0, 0.05) is 6.92 Å². The molecule has 0 fully saturated rings. The van der Waals surface area contributed by atoms with Gasteiger partial charge in [0.1, 0.15) is 0 Å². The summed E-state index contributed by atoms with van der Waals surface area (Å²) in [4.78, 5) is 1.10. The van der Waals surface area contributed by atoms with Crippen molar-refractivity contribution in [2.75, 3.05) is 0 Å². The van der Waals surface area contributed by atoms with Crippen LogP contribution in [0.25, 0.3) is 0 Å². The van der Waals surface area contributed by atoms with Crippen LogP contribution in [0.5, 0.6) is 0 Å². The zero-order chi connectivity index (χ0) is 6.15. The minimum atomic E-state index is 0.815. The van der Waals surface area contributed by atoms with Gasteiger partial charge in [-0.3, -0.25) is 0 Å². The van der Waals surface area contributed by atoms with Crippen LogP contribution in [-0.4, -0.2) is 0 Å². The van der Waals surface area contributed by atoms with Gasteiger partial charge in [0.15, 0.2) is 0 Å². The smallest absolute Gasteiger partial charge is 0.236 e. The van der Waals surface area contributed by atoms with E-state index in [9.17, 15) is 5.21 Å². The third-order valence-electron chi connectivity index (χ3n) is 1.17. The predicted octanol–water partition coefficient (Wildman–Crippen LogP) is 0.998. The zero-order valence-corrected chi connectivity index (χ0v) is 5.66. The Bertz CT molecular complexity index is 175. The second kappa shape index (κ2) is 1.74. The molecule has 0 aromatic carbocycles. The standard InChI is InChI=1S/C5H7NOS/c1-4-5(2)8-3-6(4)7/h3H,1-2H3. The van der Waals surface area contributed by atoms with Gasteiger partial charge in [0.05, 0.1) is 4.88 Å². The second-order valence-electron chi connectivity index (χ2n) is 1.69. The Labute approximate surface area is 52.0 Å². The molecule has 1 aromatic heterocycles. The number of aryl methyl sites for hydroxylation is 1. The molecule has 0 amide bonds. The zero-order valence-electron chi connectivity index (χ0n) is 4.84. The van der Waals surface area contributed by atoms with Gasteiger partial charge in [0.2, 0.25) is 11.2 Å². The predicted molar refractivity (Wildman–Crippen MR) is 32.8 cm³/mol. The molecule has 0 aliphatic heterocycles. The van der Waals surface area contributed by atoms with E-state index in [4.69, 9.17) is 0 Å². The molecule has 8 heavy (non-hydrogen) atoms. The van der Waals surface area contributed by atoms with Crippen LogP contribution in [0.3, 0.4) is 0 Å². The van der Waals surface area contributed by atoms with Crippen LogP contribution in [0.4, 0.5) is 0 Å². The molecule has 0 saturated heterocycles. The van der Waals surface area contributed by atoms with Crippen LogP contribution >= 0.6 is 11.3 Å². The van der Waals surface area contributed by atoms with Crippen molar-refractivity contribution in [3.8, 4) is 0 Å². The molecule has 0 radical (unpaired) electrons. The topological polar surface area (TPSA) is 26.9 Å². The summed E-state index contributed by atoms with van der Waals surface area (Å²) in [6.07, 6.45) is 0. The molecule has 0 aliphatic rings. The molecule has 0 N–H and O–H groups in total. The molecule has 1 rings (SSSR count). The van der Waals surface area contributed by atoms with E-state index in [1.807, 2.05) is 13.8 Å². The van der Waals surface area contributed by atoms with Crippen molar-refractivity contribution < 1.29 is 4.73 Å². The first-order chi connectivity index (χ1) is 3.72. The SMILES string of the molecule is Cc1sc[n+]([O-])c1C. The summed E-state index contributed by atoms with van der Waals surface area (Å²) in [5.74, 6) is 0. The lowest BCUT2D eigenvalue weighted by atomic mass is 10.4. The highest BCUT2D eigenvalue weighted by Crippen LogP contribution is 2.06. The lowest BCUT2D eigenvalue weighted by Crippen LogP contribution is -2.25. The second-order valence-corrected chi connectivity index (χ2v) is 2.75. The number of hydrogen-bond donors (Lipinski definition) is 0. The molecular weight excluding hydrogens is 122 g/mol. The van der Waals surface area contributed by atoms with Gasteiger partial charge in [-0.05, 0) is 6.92 Å². The average Bonchev–Trinajstić information content (AvgIpc) is 1.98. The van der Waals surface area contributed by atoms with Crippen molar-refractivity contribution in [3.05, 3.63) is 21.3 Å². The Morgan fingerprint density at radius 3 is 2.38 bits per heavy atom. The molecule has 0 aliphatic carbocycles. The Hall–Kier alpha value is -0.570. The summed E-state index contributed by atoms with van der Waals surface area (Å²) in [6, 6.07) is 0. The molecule has 44 valence electrons. The molecular formula is C5H7NOS. The van der Waals surface area contributed by atoms with Crippen LogP contribution in [0, 0.1) is 19.1 Å². The number of thiazole rings is 1. The first-order valence-corrected chi connectivity index (χ1v) is 3.23. The fourth-order valence-electron chi connectivity index (χ4n) is 0.446. The lowest BCUT2D eigenvalue weighted by molar-refractivity contribution is -0.607. The van der Waals surface area contributed by atoms with Gasteiger partial charge in [0.25, 0.3) is 0 Å². The quantitative estimate of drug-likeness (QED) is 0.379. The van der Waals surface area contributed by atoms with Crippen molar-refractivity contribution in [1.29, 1.82) is 0 Å². The van der Waals surface area contributed by atoms with E-state index >= 15 is 0 Å². The molecule has 3 heteroatoms. The minimum absolute atomic E-state index is 0.815. The van der Waals surface area contributed by atoms with Gasteiger partial charge in [-0.25, -0.2) is 0 Å². The van der Waals surface area contributed by atoms with Gasteiger partial charge in [-0.15, -0.1) is 0 Å². The largest absolute Gasteiger partial charge is 0.618 e. The Kier molecular flexibility index (Phi) is 1.21. The molecule has 1 heterocycles. The van der Waals surface area contributed by atoms with Gasteiger partial charge < -0.3 is 5.21 Å². The third-order valence-corrected chi connectivity index (χ3v) is 2.11. The fraction of sp³-hybridized carbons (Fsp3) is 0.400. The normalized spacial score (nSPS) is 9.75. The molecule has 2 nitrogen and oxygen atoms in total. The highest BCUT2D eigenvalue weighted by atomic mass is 32.1. The Morgan fingerprint density at radius 2 is 2.25 bits per heavy atom. The average molecular weight is 129 g/mol. The first kappa shape index (κ1) is 5.56. The molecule has 0 atom stereocenters. The van der Waals surface area contributed by atoms with Crippen molar-refractivity contribution in [1.82, 2.24) is 0 Å². The van der Waals surface area contributed by atoms with Gasteiger partial charge >= 0.3 is 0 Å². The van der Waals surface area contributed by atoms with Crippen molar-refractivity contribution in [2.45, 2.75) is 13.8 Å². The van der Waals surface area contributed by atoms with Crippen LogP contribution in [-0.2, 0) is 0 Å². The number of nitrogens with zero attached hydrogens (tertiary/aromatic N) is 1. The summed E-state index contributed by atoms with van der Waals surface area (Å²) in [5.41, 5.74) is 2.38. The van der Waals surface area contributed by atoms with E-state index in [-0.39, 0.29) is 0 Å². The van der Waals surface area contributed by atoms with E-state index < -0.39 is 0 Å². The van der Waals surface area contributed by atoms with E-state index in [2.05, 4.69) is 0 Å². The van der Waals surface area contributed by atoms with E-state index in [0.29, 0.717) is 0 Å². The van der Waals surface area contributed by atoms with Crippen LogP contribution in [0.15, 0.2) is 5.51 Å². The van der Waals surface area contributed by atoms with Crippen LogP contribution in [0.1, 0.15) is 10.6 Å². The van der Waals surface area contributed by atoms with Crippen molar-refractivity contribution >= 4 is 11.3 Å². The molecule has 0 saturated carbocycles. The summed E-state index contributed by atoms with van der Waals surface area (Å²) >= 11 is 1.48. The van der Waals surface area contributed by atoms with E-state index in [1.54, 1.807) is 5.51 Å². The van der Waals surface area contributed by atoms with Crippen molar-refractivity contribution in [3.63, 3.8) is 0 Å². The van der Waals surface area contributed by atoms with Crippen LogP contribution in [0.2, 0.25) is 0 Å². The summed E-state index contributed by atoms with van der Waals surface area (Å²) in [7, 11) is 0. The molecule has 0 bridgehead atoms. The molecule has 0 spiro atoms. The monoisotopic (exact) mass is 129 g/mol. The molecule has 1 aromatic rings.